The zero-order valence-corrected chi connectivity index (χ0v) is 18.3. The summed E-state index contributed by atoms with van der Waals surface area (Å²) >= 11 is 7.40. The minimum absolute atomic E-state index is 0.293. The van der Waals surface area contributed by atoms with Crippen molar-refractivity contribution >= 4 is 46.4 Å². The van der Waals surface area contributed by atoms with Crippen LogP contribution in [0.5, 0.6) is 0 Å². The maximum atomic E-state index is 13.5. The normalized spacial score (nSPS) is 14.0. The fourth-order valence-electron chi connectivity index (χ4n) is 3.53. The second-order valence-corrected chi connectivity index (χ2v) is 8.64. The summed E-state index contributed by atoms with van der Waals surface area (Å²) < 4.78 is 0. The van der Waals surface area contributed by atoms with Crippen molar-refractivity contribution in [2.24, 2.45) is 0 Å². The molecule has 0 atom stereocenters. The number of benzene rings is 3. The summed E-state index contributed by atoms with van der Waals surface area (Å²) in [5, 5.41) is 0.555. The second-order valence-electron chi connectivity index (χ2n) is 7.22. The van der Waals surface area contributed by atoms with E-state index in [0.29, 0.717) is 26.9 Å². The smallest absolute Gasteiger partial charge is 0.268 e. The molecule has 0 radical (unpaired) electrons. The Hall–Kier alpha value is -2.82. The lowest BCUT2D eigenvalue weighted by Crippen LogP contribution is -2.31. The first-order chi connectivity index (χ1) is 14.5. The van der Waals surface area contributed by atoms with Gasteiger partial charge in [-0.25, -0.2) is 4.90 Å². The summed E-state index contributed by atoms with van der Waals surface area (Å²) in [6.45, 7) is 3.98. The SMILES string of the molecule is Cc1ccc(C2=C(SCc3ccccc3)C(=O)N(c3ccc(Cl)cc3)C2=O)c(C)c1. The Morgan fingerprint density at radius 2 is 1.57 bits per heavy atom. The van der Waals surface area contributed by atoms with Gasteiger partial charge in [-0.05, 0) is 54.8 Å². The van der Waals surface area contributed by atoms with Gasteiger partial charge in [0.2, 0.25) is 0 Å². The van der Waals surface area contributed by atoms with Crippen molar-refractivity contribution in [1.82, 2.24) is 0 Å². The summed E-state index contributed by atoms with van der Waals surface area (Å²) in [4.78, 5) is 28.6. The van der Waals surface area contributed by atoms with Crippen molar-refractivity contribution in [2.45, 2.75) is 19.6 Å². The predicted octanol–water partition coefficient (Wildman–Crippen LogP) is 6.17. The lowest BCUT2D eigenvalue weighted by atomic mass is 9.99. The van der Waals surface area contributed by atoms with E-state index in [4.69, 9.17) is 11.6 Å². The van der Waals surface area contributed by atoms with Crippen LogP contribution in [0, 0.1) is 13.8 Å². The maximum absolute atomic E-state index is 13.5. The molecular weight excluding hydrogens is 414 g/mol. The van der Waals surface area contributed by atoms with Gasteiger partial charge >= 0.3 is 0 Å². The molecule has 1 aliphatic heterocycles. The van der Waals surface area contributed by atoms with Gasteiger partial charge in [-0.1, -0.05) is 65.7 Å². The highest BCUT2D eigenvalue weighted by Gasteiger charge is 2.40. The van der Waals surface area contributed by atoms with Crippen LogP contribution in [0.25, 0.3) is 5.57 Å². The van der Waals surface area contributed by atoms with Crippen LogP contribution in [0.1, 0.15) is 22.3 Å². The van der Waals surface area contributed by atoms with E-state index in [1.54, 1.807) is 24.3 Å². The average molecular weight is 434 g/mol. The monoisotopic (exact) mass is 433 g/mol. The summed E-state index contributed by atoms with van der Waals surface area (Å²) in [7, 11) is 0. The quantitative estimate of drug-likeness (QED) is 0.451. The Balaban J connectivity index is 1.78. The van der Waals surface area contributed by atoms with Gasteiger partial charge in [0.1, 0.15) is 0 Å². The molecule has 30 heavy (non-hydrogen) atoms. The molecule has 0 aromatic heterocycles. The summed E-state index contributed by atoms with van der Waals surface area (Å²) in [5.41, 5.74) is 4.97. The summed E-state index contributed by atoms with van der Waals surface area (Å²) in [6.07, 6.45) is 0. The highest BCUT2D eigenvalue weighted by atomic mass is 35.5. The Morgan fingerprint density at radius 1 is 0.867 bits per heavy atom. The maximum Gasteiger partial charge on any atom is 0.272 e. The van der Waals surface area contributed by atoms with E-state index in [2.05, 4.69) is 0 Å². The Bertz CT molecular complexity index is 1150. The highest BCUT2D eigenvalue weighted by molar-refractivity contribution is 8.03. The van der Waals surface area contributed by atoms with Crippen LogP contribution in [0.15, 0.2) is 77.7 Å². The zero-order valence-electron chi connectivity index (χ0n) is 16.7. The molecule has 1 heterocycles. The number of imide groups is 1. The number of anilines is 1. The topological polar surface area (TPSA) is 37.4 Å². The minimum atomic E-state index is -0.301. The number of thioether (sulfide) groups is 1. The molecule has 0 N–H and O–H groups in total. The van der Waals surface area contributed by atoms with Crippen LogP contribution in [0.3, 0.4) is 0 Å². The molecule has 3 aromatic carbocycles. The molecule has 2 amide bonds. The van der Waals surface area contributed by atoms with Gasteiger partial charge in [-0.3, -0.25) is 9.59 Å². The first-order valence-electron chi connectivity index (χ1n) is 9.58. The van der Waals surface area contributed by atoms with Gasteiger partial charge in [0.05, 0.1) is 16.2 Å². The van der Waals surface area contributed by atoms with Crippen LogP contribution < -0.4 is 4.90 Å². The first-order valence-corrected chi connectivity index (χ1v) is 10.9. The largest absolute Gasteiger partial charge is 0.272 e. The van der Waals surface area contributed by atoms with Crippen LogP contribution >= 0.6 is 23.4 Å². The molecule has 0 aliphatic carbocycles. The van der Waals surface area contributed by atoms with E-state index < -0.39 is 0 Å². The standard InChI is InChI=1S/C25H20ClNO2S/c1-16-8-13-21(17(2)14-16)22-23(30-15-18-6-4-3-5-7-18)25(29)27(24(22)28)20-11-9-19(26)10-12-20/h3-14H,15H2,1-2H3. The fourth-order valence-corrected chi connectivity index (χ4v) is 4.72. The van der Waals surface area contributed by atoms with Gasteiger partial charge < -0.3 is 0 Å². The number of carbonyl (C=O) groups excluding carboxylic acids is 2. The van der Waals surface area contributed by atoms with Crippen LogP contribution in [-0.2, 0) is 15.3 Å². The van der Waals surface area contributed by atoms with Gasteiger partial charge in [0, 0.05) is 10.8 Å². The van der Waals surface area contributed by atoms with E-state index in [1.807, 2.05) is 62.4 Å². The van der Waals surface area contributed by atoms with Crippen LogP contribution in [-0.4, -0.2) is 11.8 Å². The van der Waals surface area contributed by atoms with Gasteiger partial charge in [-0.15, -0.1) is 11.8 Å². The van der Waals surface area contributed by atoms with Gasteiger partial charge in [-0.2, -0.15) is 0 Å². The lowest BCUT2D eigenvalue weighted by molar-refractivity contribution is -0.119. The third-order valence-corrected chi connectivity index (χ3v) is 6.40. The third kappa shape index (κ3) is 3.93. The Morgan fingerprint density at radius 3 is 2.23 bits per heavy atom. The second kappa shape index (κ2) is 8.50. The first kappa shape index (κ1) is 20.5. The average Bonchev–Trinajstić information content (AvgIpc) is 2.98. The van der Waals surface area contributed by atoms with Gasteiger partial charge in [0.25, 0.3) is 11.8 Å². The van der Waals surface area contributed by atoms with E-state index in [-0.39, 0.29) is 11.8 Å². The van der Waals surface area contributed by atoms with Crippen molar-refractivity contribution in [3.05, 3.63) is 105 Å². The van der Waals surface area contributed by atoms with E-state index in [9.17, 15) is 9.59 Å². The number of nitrogens with zero attached hydrogens (tertiary/aromatic N) is 1. The minimum Gasteiger partial charge on any atom is -0.268 e. The van der Waals surface area contributed by atoms with Gasteiger partial charge in [0.15, 0.2) is 0 Å². The van der Waals surface area contributed by atoms with Crippen molar-refractivity contribution in [3.8, 4) is 0 Å². The molecule has 5 heteroatoms. The predicted molar refractivity (Wildman–Crippen MR) is 125 cm³/mol. The Kier molecular flexibility index (Phi) is 5.80. The summed E-state index contributed by atoms with van der Waals surface area (Å²) in [5.74, 6) is 0.0148. The van der Waals surface area contributed by atoms with Crippen molar-refractivity contribution in [3.63, 3.8) is 0 Å². The summed E-state index contributed by atoms with van der Waals surface area (Å²) in [6, 6.07) is 22.6. The third-order valence-electron chi connectivity index (χ3n) is 5.00. The highest BCUT2D eigenvalue weighted by Crippen LogP contribution is 2.40. The molecule has 0 spiro atoms. The molecule has 150 valence electrons. The van der Waals surface area contributed by atoms with Crippen LogP contribution in [0.2, 0.25) is 5.02 Å². The number of amides is 2. The van der Waals surface area contributed by atoms with Crippen molar-refractivity contribution < 1.29 is 9.59 Å². The number of hydrogen-bond acceptors (Lipinski definition) is 3. The molecule has 1 aliphatic rings. The molecular formula is C25H20ClNO2S. The number of aryl methyl sites for hydroxylation is 2. The Labute approximate surface area is 185 Å². The molecule has 3 aromatic rings. The van der Waals surface area contributed by atoms with E-state index in [1.165, 1.54) is 16.7 Å². The number of rotatable bonds is 5. The fraction of sp³-hybridized carbons (Fsp3) is 0.120. The molecule has 0 bridgehead atoms. The van der Waals surface area contributed by atoms with E-state index >= 15 is 0 Å². The molecule has 4 rings (SSSR count). The van der Waals surface area contributed by atoms with Crippen LogP contribution in [0.4, 0.5) is 5.69 Å². The molecule has 0 fully saturated rings. The molecule has 3 nitrogen and oxygen atoms in total. The number of hydrogen-bond donors (Lipinski definition) is 0. The van der Waals surface area contributed by atoms with Crippen molar-refractivity contribution in [2.75, 3.05) is 4.90 Å². The van der Waals surface area contributed by atoms with Crippen molar-refractivity contribution in [1.29, 1.82) is 0 Å². The van der Waals surface area contributed by atoms with E-state index in [0.717, 1.165) is 22.3 Å². The zero-order chi connectivity index (χ0) is 21.3. The number of carbonyl (C=O) groups is 2. The molecule has 0 saturated carbocycles. The number of halogens is 1. The molecule has 0 saturated heterocycles. The molecule has 0 unspecified atom stereocenters. The lowest BCUT2D eigenvalue weighted by Gasteiger charge is -2.15.